The van der Waals surface area contributed by atoms with E-state index in [1.54, 1.807) is 0 Å². The molecule has 1 N–H and O–H groups in total. The number of rotatable bonds is 5. The molecule has 0 fully saturated rings. The summed E-state index contributed by atoms with van der Waals surface area (Å²) >= 11 is 4.58. The van der Waals surface area contributed by atoms with Crippen molar-refractivity contribution in [1.29, 1.82) is 0 Å². The Hall–Kier alpha value is 0.240. The molecule has 0 aliphatic heterocycles. The predicted octanol–water partition coefficient (Wildman–Crippen LogP) is -2.25. The summed E-state index contributed by atoms with van der Waals surface area (Å²) in [6.45, 7) is 8.68. The fourth-order valence-electron chi connectivity index (χ4n) is 1.26. The summed E-state index contributed by atoms with van der Waals surface area (Å²) in [5, 5.41) is 2.46. The average molecular weight is 253 g/mol. The molecule has 0 saturated heterocycles. The summed E-state index contributed by atoms with van der Waals surface area (Å²) in [6, 6.07) is 0. The van der Waals surface area contributed by atoms with E-state index in [1.807, 2.05) is 0 Å². The quantitative estimate of drug-likeness (QED) is 0.433. The standard InChI is InChI=1S/C8H16N2S.BrH/c1-4-8(9-7-11)10(5-2)6-3;/h8H,4-6H2,1-3H3;1H. The molecule has 1 unspecified atom stereocenters. The van der Waals surface area contributed by atoms with E-state index in [0.717, 1.165) is 19.5 Å². The van der Waals surface area contributed by atoms with Crippen LogP contribution in [0.25, 0.3) is 0 Å². The van der Waals surface area contributed by atoms with Crippen LogP contribution >= 0.6 is 12.2 Å². The first-order chi connectivity index (χ1) is 5.29. The molecule has 4 heteroatoms. The molecule has 0 bridgehead atoms. The van der Waals surface area contributed by atoms with Gasteiger partial charge in [0.25, 0.3) is 0 Å². The Bertz CT molecular complexity index is 142. The second-order valence-electron chi connectivity index (χ2n) is 2.51. The summed E-state index contributed by atoms with van der Waals surface area (Å²) in [7, 11) is 0. The van der Waals surface area contributed by atoms with E-state index in [2.05, 4.69) is 43.1 Å². The zero-order chi connectivity index (χ0) is 8.69. The van der Waals surface area contributed by atoms with Crippen LogP contribution < -0.4 is 21.9 Å². The third-order valence-corrected chi connectivity index (χ3v) is 2.08. The van der Waals surface area contributed by atoms with Gasteiger partial charge in [0, 0.05) is 6.42 Å². The number of nitrogens with zero attached hydrogens (tertiary/aromatic N) is 1. The van der Waals surface area contributed by atoms with Crippen LogP contribution in [0.1, 0.15) is 27.2 Å². The number of hydrogen-bond acceptors (Lipinski definition) is 2. The molecule has 0 aromatic heterocycles. The van der Waals surface area contributed by atoms with Gasteiger partial charge in [0.2, 0.25) is 0 Å². The van der Waals surface area contributed by atoms with Gasteiger partial charge in [-0.15, -0.1) is 0 Å². The van der Waals surface area contributed by atoms with Crippen molar-refractivity contribution in [1.82, 2.24) is 0 Å². The third kappa shape index (κ3) is 4.99. The first-order valence-corrected chi connectivity index (χ1v) is 4.62. The van der Waals surface area contributed by atoms with E-state index in [1.165, 1.54) is 4.90 Å². The van der Waals surface area contributed by atoms with Crippen LogP contribution in [0.15, 0.2) is 4.99 Å². The number of isothiocyanates is 1. The molecular weight excluding hydrogens is 236 g/mol. The van der Waals surface area contributed by atoms with Gasteiger partial charge in [0.15, 0.2) is 6.17 Å². The number of thiocarbonyl (C=S) groups is 1. The first kappa shape index (κ1) is 14.7. The van der Waals surface area contributed by atoms with Crippen LogP contribution in [0, 0.1) is 0 Å². The molecule has 12 heavy (non-hydrogen) atoms. The smallest absolute Gasteiger partial charge is 0.190 e. The summed E-state index contributed by atoms with van der Waals surface area (Å²) < 4.78 is 0. The van der Waals surface area contributed by atoms with Crippen molar-refractivity contribution in [3.8, 4) is 0 Å². The molecular formula is C8H17BrN2S. The van der Waals surface area contributed by atoms with Gasteiger partial charge >= 0.3 is 0 Å². The van der Waals surface area contributed by atoms with Gasteiger partial charge in [-0.3, -0.25) is 0 Å². The number of nitrogens with one attached hydrogen (secondary N) is 1. The van der Waals surface area contributed by atoms with Crippen LogP contribution in [0.2, 0.25) is 0 Å². The lowest BCUT2D eigenvalue weighted by Gasteiger charge is -2.20. The number of hydrogen-bond donors (Lipinski definition) is 1. The minimum absolute atomic E-state index is 0. The summed E-state index contributed by atoms with van der Waals surface area (Å²) in [4.78, 5) is 5.59. The van der Waals surface area contributed by atoms with Crippen LogP contribution in [0.4, 0.5) is 0 Å². The second kappa shape index (κ2) is 9.33. The maximum Gasteiger partial charge on any atom is 0.190 e. The molecule has 0 aliphatic rings. The topological polar surface area (TPSA) is 16.8 Å². The van der Waals surface area contributed by atoms with E-state index < -0.39 is 0 Å². The van der Waals surface area contributed by atoms with Crippen molar-refractivity contribution in [3.63, 3.8) is 0 Å². The maximum absolute atomic E-state index is 4.58. The van der Waals surface area contributed by atoms with Gasteiger partial charge in [-0.2, -0.15) is 4.99 Å². The molecule has 0 rings (SSSR count). The molecule has 1 atom stereocenters. The highest BCUT2D eigenvalue weighted by Crippen LogP contribution is 1.85. The summed E-state index contributed by atoms with van der Waals surface area (Å²) in [5.74, 6) is 0. The minimum atomic E-state index is 0. The molecule has 0 amide bonds. The van der Waals surface area contributed by atoms with E-state index in [0.29, 0.717) is 6.17 Å². The lowest BCUT2D eigenvalue weighted by atomic mass is 10.3. The van der Waals surface area contributed by atoms with Gasteiger partial charge < -0.3 is 21.9 Å². The number of quaternary nitrogens is 1. The van der Waals surface area contributed by atoms with Gasteiger partial charge in [0.05, 0.1) is 18.3 Å². The zero-order valence-electron chi connectivity index (χ0n) is 7.93. The SMILES string of the molecule is CCC(N=C=S)[NH+](CC)CC.[Br-]. The molecule has 0 heterocycles. The van der Waals surface area contributed by atoms with Crippen molar-refractivity contribution < 1.29 is 21.9 Å². The molecule has 72 valence electrons. The Labute approximate surface area is 90.8 Å². The highest BCUT2D eigenvalue weighted by atomic mass is 79.9. The van der Waals surface area contributed by atoms with E-state index in [9.17, 15) is 0 Å². The number of halogens is 1. The second-order valence-corrected chi connectivity index (χ2v) is 2.69. The lowest BCUT2D eigenvalue weighted by molar-refractivity contribution is -0.921. The van der Waals surface area contributed by atoms with Crippen molar-refractivity contribution in [2.75, 3.05) is 13.1 Å². The van der Waals surface area contributed by atoms with E-state index in [4.69, 9.17) is 0 Å². The Morgan fingerprint density at radius 2 is 1.83 bits per heavy atom. The van der Waals surface area contributed by atoms with E-state index in [-0.39, 0.29) is 17.0 Å². The van der Waals surface area contributed by atoms with E-state index >= 15 is 0 Å². The highest BCUT2D eigenvalue weighted by Gasteiger charge is 2.14. The Balaban J connectivity index is 0. The third-order valence-electron chi connectivity index (χ3n) is 1.97. The van der Waals surface area contributed by atoms with Gasteiger partial charge in [-0.05, 0) is 26.1 Å². The average Bonchev–Trinajstić information content (AvgIpc) is 2.05. The molecule has 0 aliphatic carbocycles. The minimum Gasteiger partial charge on any atom is -1.00 e. The largest absolute Gasteiger partial charge is 1.00 e. The Kier molecular flexibility index (Phi) is 11.5. The monoisotopic (exact) mass is 252 g/mol. The van der Waals surface area contributed by atoms with Crippen LogP contribution in [-0.2, 0) is 0 Å². The first-order valence-electron chi connectivity index (χ1n) is 4.21. The lowest BCUT2D eigenvalue weighted by Crippen LogP contribution is -3.14. The Morgan fingerprint density at radius 3 is 2.08 bits per heavy atom. The zero-order valence-corrected chi connectivity index (χ0v) is 10.3. The molecule has 0 saturated carbocycles. The van der Waals surface area contributed by atoms with Gasteiger partial charge in [0.1, 0.15) is 0 Å². The fourth-order valence-corrected chi connectivity index (χ4v) is 1.38. The fraction of sp³-hybridized carbons (Fsp3) is 0.875. The highest BCUT2D eigenvalue weighted by molar-refractivity contribution is 7.78. The number of aliphatic imine (C=N–C) groups is 1. The maximum atomic E-state index is 4.58. The van der Waals surface area contributed by atoms with Crippen LogP contribution in [-0.4, -0.2) is 24.4 Å². The predicted molar refractivity (Wildman–Crippen MR) is 51.1 cm³/mol. The molecule has 0 aromatic carbocycles. The van der Waals surface area contributed by atoms with Crippen molar-refractivity contribution in [3.05, 3.63) is 0 Å². The van der Waals surface area contributed by atoms with Crippen molar-refractivity contribution in [2.45, 2.75) is 33.4 Å². The van der Waals surface area contributed by atoms with Gasteiger partial charge in [-0.1, -0.05) is 6.92 Å². The molecule has 0 radical (unpaired) electrons. The Morgan fingerprint density at radius 1 is 1.33 bits per heavy atom. The molecule has 0 spiro atoms. The molecule has 2 nitrogen and oxygen atoms in total. The summed E-state index contributed by atoms with van der Waals surface area (Å²) in [5.41, 5.74) is 0. The van der Waals surface area contributed by atoms with Crippen molar-refractivity contribution >= 4 is 17.4 Å². The molecule has 0 aromatic rings. The van der Waals surface area contributed by atoms with Gasteiger partial charge in [-0.25, -0.2) is 0 Å². The normalized spacial score (nSPS) is 11.7. The van der Waals surface area contributed by atoms with Crippen LogP contribution in [0.5, 0.6) is 0 Å². The van der Waals surface area contributed by atoms with Crippen molar-refractivity contribution in [2.24, 2.45) is 4.99 Å². The summed E-state index contributed by atoms with van der Waals surface area (Å²) in [6.07, 6.45) is 1.36. The van der Waals surface area contributed by atoms with Crippen LogP contribution in [0.3, 0.4) is 0 Å².